The fraction of sp³-hybridized carbons (Fsp3) is 0.235. The van der Waals surface area contributed by atoms with Gasteiger partial charge in [-0.3, -0.25) is 4.79 Å². The molecule has 0 spiro atoms. The van der Waals surface area contributed by atoms with Gasteiger partial charge in [-0.1, -0.05) is 42.5 Å². The number of fused-ring (bicyclic) bond motifs is 1. The second kappa shape index (κ2) is 4.88. The molecule has 1 heterocycles. The lowest BCUT2D eigenvalue weighted by molar-refractivity contribution is 0.0955. The van der Waals surface area contributed by atoms with E-state index in [9.17, 15) is 4.79 Å². The van der Waals surface area contributed by atoms with Crippen LogP contribution in [0.4, 0.5) is 5.69 Å². The summed E-state index contributed by atoms with van der Waals surface area (Å²) in [6, 6.07) is 16.0. The summed E-state index contributed by atoms with van der Waals surface area (Å²) >= 11 is 0. The maximum Gasteiger partial charge on any atom is 0.170 e. The Bertz CT molecular complexity index is 618. The molecule has 1 aliphatic rings. The van der Waals surface area contributed by atoms with Crippen LogP contribution in [0, 0.1) is 6.92 Å². The molecule has 0 saturated heterocycles. The molecule has 0 saturated carbocycles. The summed E-state index contributed by atoms with van der Waals surface area (Å²) in [5.74, 6) is 0.227. The smallest absolute Gasteiger partial charge is 0.170 e. The molecule has 2 aromatic rings. The molecule has 96 valence electrons. The van der Waals surface area contributed by atoms with E-state index in [1.54, 1.807) is 0 Å². The lowest BCUT2D eigenvalue weighted by Crippen LogP contribution is -2.23. The molecule has 2 nitrogen and oxygen atoms in total. The van der Waals surface area contributed by atoms with Crippen LogP contribution in [0.5, 0.6) is 0 Å². The highest BCUT2D eigenvalue weighted by Crippen LogP contribution is 2.34. The van der Waals surface area contributed by atoms with Crippen LogP contribution < -0.4 is 5.32 Å². The molecule has 2 heteroatoms. The third-order valence-electron chi connectivity index (χ3n) is 3.81. The summed E-state index contributed by atoms with van der Waals surface area (Å²) in [4.78, 5) is 12.8. The van der Waals surface area contributed by atoms with Crippen molar-refractivity contribution in [3.05, 3.63) is 65.2 Å². The van der Waals surface area contributed by atoms with Gasteiger partial charge in [-0.2, -0.15) is 0 Å². The Morgan fingerprint density at radius 2 is 1.84 bits per heavy atom. The molecule has 0 radical (unpaired) electrons. The third-order valence-corrected chi connectivity index (χ3v) is 3.81. The number of hydrogen-bond donors (Lipinski definition) is 1. The van der Waals surface area contributed by atoms with Gasteiger partial charge in [0.15, 0.2) is 5.78 Å². The summed E-state index contributed by atoms with van der Waals surface area (Å²) in [7, 11) is 0. The van der Waals surface area contributed by atoms with E-state index >= 15 is 0 Å². The number of carbonyl (C=O) groups is 1. The monoisotopic (exact) mass is 251 g/mol. The summed E-state index contributed by atoms with van der Waals surface area (Å²) < 4.78 is 0. The molecule has 19 heavy (non-hydrogen) atoms. The van der Waals surface area contributed by atoms with Crippen molar-refractivity contribution in [1.82, 2.24) is 0 Å². The first-order chi connectivity index (χ1) is 9.27. The Labute approximate surface area is 113 Å². The average molecular weight is 251 g/mol. The van der Waals surface area contributed by atoms with Crippen LogP contribution in [-0.4, -0.2) is 12.3 Å². The number of Topliss-reactive ketones (excluding diaryl/α,β-unsaturated/α-hetero) is 1. The Morgan fingerprint density at radius 1 is 1.11 bits per heavy atom. The molecule has 0 bridgehead atoms. The van der Waals surface area contributed by atoms with Gasteiger partial charge in [-0.25, -0.2) is 0 Å². The highest BCUT2D eigenvalue weighted by atomic mass is 16.1. The summed E-state index contributed by atoms with van der Waals surface area (Å²) in [5, 5.41) is 3.36. The molecule has 0 amide bonds. The molecule has 0 fully saturated rings. The second-order valence-corrected chi connectivity index (χ2v) is 5.03. The molecule has 0 aliphatic carbocycles. The van der Waals surface area contributed by atoms with Crippen LogP contribution in [0.1, 0.15) is 33.8 Å². The van der Waals surface area contributed by atoms with Crippen molar-refractivity contribution >= 4 is 11.5 Å². The zero-order chi connectivity index (χ0) is 13.2. The van der Waals surface area contributed by atoms with Crippen LogP contribution in [0.2, 0.25) is 0 Å². The standard InChI is InChI=1S/C17H17NO/c1-12-6-2-3-7-13(12)17(19)15-10-11-18-16-9-5-4-8-14(15)16/h2-9,15,18H,10-11H2,1H3. The van der Waals surface area contributed by atoms with Crippen molar-refractivity contribution < 1.29 is 4.79 Å². The zero-order valence-electron chi connectivity index (χ0n) is 11.0. The maximum absolute atomic E-state index is 12.8. The molecule has 1 aliphatic heterocycles. The van der Waals surface area contributed by atoms with Gasteiger partial charge >= 0.3 is 0 Å². The van der Waals surface area contributed by atoms with Crippen LogP contribution in [0.3, 0.4) is 0 Å². The number of anilines is 1. The fourth-order valence-corrected chi connectivity index (χ4v) is 2.78. The van der Waals surface area contributed by atoms with E-state index in [1.165, 1.54) is 0 Å². The number of para-hydroxylation sites is 1. The summed E-state index contributed by atoms with van der Waals surface area (Å²) in [6.07, 6.45) is 0.865. The van der Waals surface area contributed by atoms with Crippen LogP contribution in [0.25, 0.3) is 0 Å². The highest BCUT2D eigenvalue weighted by Gasteiger charge is 2.27. The van der Waals surface area contributed by atoms with Crippen molar-refractivity contribution in [2.45, 2.75) is 19.3 Å². The second-order valence-electron chi connectivity index (χ2n) is 5.03. The molecular formula is C17H17NO. The number of ketones is 1. The predicted octanol–water partition coefficient (Wildman–Crippen LogP) is 3.78. The van der Waals surface area contributed by atoms with Crippen LogP contribution in [-0.2, 0) is 0 Å². The van der Waals surface area contributed by atoms with E-state index in [-0.39, 0.29) is 11.7 Å². The van der Waals surface area contributed by atoms with Crippen LogP contribution in [0.15, 0.2) is 48.5 Å². The molecule has 3 rings (SSSR count). The molecule has 1 N–H and O–H groups in total. The topological polar surface area (TPSA) is 29.1 Å². The Kier molecular flexibility index (Phi) is 3.08. The van der Waals surface area contributed by atoms with E-state index in [0.717, 1.165) is 35.3 Å². The number of carbonyl (C=O) groups excluding carboxylic acids is 1. The van der Waals surface area contributed by atoms with Gasteiger partial charge in [0.2, 0.25) is 0 Å². The average Bonchev–Trinajstić information content (AvgIpc) is 2.46. The van der Waals surface area contributed by atoms with Gasteiger partial charge in [0, 0.05) is 17.8 Å². The molecular weight excluding hydrogens is 234 g/mol. The number of nitrogens with one attached hydrogen (secondary N) is 1. The fourth-order valence-electron chi connectivity index (χ4n) is 2.78. The van der Waals surface area contributed by atoms with Gasteiger partial charge in [-0.05, 0) is 30.5 Å². The molecule has 1 atom stereocenters. The summed E-state index contributed by atoms with van der Waals surface area (Å²) in [5.41, 5.74) is 4.13. The SMILES string of the molecule is Cc1ccccc1C(=O)C1CCNc2ccccc21. The number of benzene rings is 2. The maximum atomic E-state index is 12.8. The number of rotatable bonds is 2. The minimum atomic E-state index is -0.0152. The lowest BCUT2D eigenvalue weighted by Gasteiger charge is -2.26. The van der Waals surface area contributed by atoms with Crippen LogP contribution >= 0.6 is 0 Å². The predicted molar refractivity (Wildman–Crippen MR) is 77.8 cm³/mol. The number of hydrogen-bond acceptors (Lipinski definition) is 2. The van der Waals surface area contributed by atoms with Crippen molar-refractivity contribution in [3.63, 3.8) is 0 Å². The molecule has 0 aromatic heterocycles. The van der Waals surface area contributed by atoms with Gasteiger partial charge in [0.25, 0.3) is 0 Å². The van der Waals surface area contributed by atoms with E-state index in [0.29, 0.717) is 0 Å². The normalized spacial score (nSPS) is 17.4. The van der Waals surface area contributed by atoms with Gasteiger partial charge < -0.3 is 5.32 Å². The largest absolute Gasteiger partial charge is 0.385 e. The molecule has 2 aromatic carbocycles. The Hall–Kier alpha value is -2.09. The Morgan fingerprint density at radius 3 is 2.68 bits per heavy atom. The zero-order valence-corrected chi connectivity index (χ0v) is 11.0. The first-order valence-corrected chi connectivity index (χ1v) is 6.70. The highest BCUT2D eigenvalue weighted by molar-refractivity contribution is 6.03. The first kappa shape index (κ1) is 12.0. The van der Waals surface area contributed by atoms with E-state index in [4.69, 9.17) is 0 Å². The van der Waals surface area contributed by atoms with Gasteiger partial charge in [-0.15, -0.1) is 0 Å². The van der Waals surface area contributed by atoms with Crippen molar-refractivity contribution in [2.75, 3.05) is 11.9 Å². The van der Waals surface area contributed by atoms with Crippen molar-refractivity contribution in [1.29, 1.82) is 0 Å². The third kappa shape index (κ3) is 2.14. The Balaban J connectivity index is 2.00. The first-order valence-electron chi connectivity index (χ1n) is 6.70. The number of aryl methyl sites for hydroxylation is 1. The van der Waals surface area contributed by atoms with E-state index in [2.05, 4.69) is 11.4 Å². The van der Waals surface area contributed by atoms with Crippen molar-refractivity contribution in [2.24, 2.45) is 0 Å². The van der Waals surface area contributed by atoms with E-state index in [1.807, 2.05) is 49.4 Å². The lowest BCUT2D eigenvalue weighted by atomic mass is 9.84. The summed E-state index contributed by atoms with van der Waals surface area (Å²) in [6.45, 7) is 2.86. The minimum Gasteiger partial charge on any atom is -0.385 e. The quantitative estimate of drug-likeness (QED) is 0.823. The van der Waals surface area contributed by atoms with Crippen molar-refractivity contribution in [3.8, 4) is 0 Å². The minimum absolute atomic E-state index is 0.0152. The van der Waals surface area contributed by atoms with Gasteiger partial charge in [0.1, 0.15) is 0 Å². The van der Waals surface area contributed by atoms with Gasteiger partial charge in [0.05, 0.1) is 5.92 Å². The molecule has 1 unspecified atom stereocenters. The van der Waals surface area contributed by atoms with E-state index < -0.39 is 0 Å².